The number of β-amino-alcohol motifs (C(OH)–C–C–N with tert-alkyl or cyclic N) is 1. The number of aromatic nitrogens is 1. The molecule has 7 heteroatoms. The van der Waals surface area contributed by atoms with Crippen molar-refractivity contribution in [2.24, 2.45) is 0 Å². The van der Waals surface area contributed by atoms with E-state index in [2.05, 4.69) is 10.5 Å². The lowest BCUT2D eigenvalue weighted by atomic mass is 9.80. The Kier molecular flexibility index (Phi) is 4.69. The molecule has 7 nitrogen and oxygen atoms in total. The number of hydrogen-bond acceptors (Lipinski definition) is 6. The predicted octanol–water partition coefficient (Wildman–Crippen LogP) is 2.58. The molecule has 1 unspecified atom stereocenters. The molecule has 3 heterocycles. The SMILES string of the molecule is Cc1noc(C)c1-c1ccc2c(c1)C(c1ccccc1)(N1C[C@@H](O)C[C@H]1CO)C(=O)N2. The van der Waals surface area contributed by atoms with Crippen molar-refractivity contribution < 1.29 is 19.5 Å². The van der Waals surface area contributed by atoms with Crippen LogP contribution in [0, 0.1) is 13.8 Å². The number of benzene rings is 2. The van der Waals surface area contributed by atoms with Crippen LogP contribution in [-0.2, 0) is 10.3 Å². The molecule has 1 fully saturated rings. The zero-order valence-electron chi connectivity index (χ0n) is 17.5. The van der Waals surface area contributed by atoms with Gasteiger partial charge in [-0.25, -0.2) is 0 Å². The number of carbonyl (C=O) groups excluding carboxylic acids is 1. The minimum Gasteiger partial charge on any atom is -0.395 e. The number of carbonyl (C=O) groups is 1. The number of likely N-dealkylation sites (tertiary alicyclic amines) is 1. The Morgan fingerprint density at radius 2 is 2.00 bits per heavy atom. The lowest BCUT2D eigenvalue weighted by molar-refractivity contribution is -0.126. The maximum absolute atomic E-state index is 13.7. The van der Waals surface area contributed by atoms with E-state index in [1.807, 2.05) is 67.3 Å². The Bertz CT molecular complexity index is 1120. The molecule has 3 N–H and O–H groups in total. The van der Waals surface area contributed by atoms with Gasteiger partial charge < -0.3 is 20.1 Å². The van der Waals surface area contributed by atoms with E-state index in [1.54, 1.807) is 0 Å². The molecule has 5 rings (SSSR count). The third-order valence-corrected chi connectivity index (χ3v) is 6.53. The summed E-state index contributed by atoms with van der Waals surface area (Å²) in [4.78, 5) is 15.6. The van der Waals surface area contributed by atoms with Gasteiger partial charge in [0.15, 0.2) is 5.54 Å². The highest BCUT2D eigenvalue weighted by molar-refractivity contribution is 6.09. The van der Waals surface area contributed by atoms with Gasteiger partial charge in [-0.1, -0.05) is 41.6 Å². The average molecular weight is 419 g/mol. The van der Waals surface area contributed by atoms with Gasteiger partial charge in [0, 0.05) is 29.4 Å². The summed E-state index contributed by atoms with van der Waals surface area (Å²) in [5, 5.41) is 27.6. The highest BCUT2D eigenvalue weighted by Crippen LogP contribution is 2.49. The molecule has 31 heavy (non-hydrogen) atoms. The zero-order valence-corrected chi connectivity index (χ0v) is 17.5. The van der Waals surface area contributed by atoms with Crippen molar-refractivity contribution in [3.63, 3.8) is 0 Å². The Morgan fingerprint density at radius 1 is 1.23 bits per heavy atom. The van der Waals surface area contributed by atoms with Crippen LogP contribution >= 0.6 is 0 Å². The first-order chi connectivity index (χ1) is 15.0. The highest BCUT2D eigenvalue weighted by Gasteiger charge is 2.56. The fraction of sp³-hybridized carbons (Fsp3) is 0.333. The summed E-state index contributed by atoms with van der Waals surface area (Å²) in [6.07, 6.45) is -0.197. The van der Waals surface area contributed by atoms with Gasteiger partial charge in [0.1, 0.15) is 5.76 Å². The van der Waals surface area contributed by atoms with E-state index in [0.29, 0.717) is 18.7 Å². The zero-order chi connectivity index (χ0) is 21.8. The summed E-state index contributed by atoms with van der Waals surface area (Å²) in [5.41, 5.74) is 3.77. The van der Waals surface area contributed by atoms with Crippen molar-refractivity contribution in [2.45, 2.75) is 38.0 Å². The first-order valence-corrected chi connectivity index (χ1v) is 10.5. The maximum Gasteiger partial charge on any atom is 0.254 e. The number of fused-ring (bicyclic) bond motifs is 1. The minimum absolute atomic E-state index is 0.141. The lowest BCUT2D eigenvalue weighted by Gasteiger charge is -2.40. The smallest absolute Gasteiger partial charge is 0.254 e. The van der Waals surface area contributed by atoms with Crippen molar-refractivity contribution in [1.29, 1.82) is 0 Å². The fourth-order valence-electron chi connectivity index (χ4n) is 5.23. The summed E-state index contributed by atoms with van der Waals surface area (Å²) in [6.45, 7) is 3.92. The molecule has 0 aliphatic carbocycles. The predicted molar refractivity (Wildman–Crippen MR) is 115 cm³/mol. The first-order valence-electron chi connectivity index (χ1n) is 10.5. The van der Waals surface area contributed by atoms with E-state index in [9.17, 15) is 15.0 Å². The number of anilines is 1. The van der Waals surface area contributed by atoms with Crippen LogP contribution in [0.1, 0.15) is 29.0 Å². The second kappa shape index (κ2) is 7.30. The van der Waals surface area contributed by atoms with E-state index < -0.39 is 11.6 Å². The number of hydrogen-bond donors (Lipinski definition) is 3. The molecular weight excluding hydrogens is 394 g/mol. The van der Waals surface area contributed by atoms with Gasteiger partial charge in [0.2, 0.25) is 0 Å². The number of aryl methyl sites for hydroxylation is 2. The maximum atomic E-state index is 13.7. The van der Waals surface area contributed by atoms with Gasteiger partial charge in [-0.05, 0) is 43.5 Å². The average Bonchev–Trinajstić information content (AvgIpc) is 3.40. The second-order valence-corrected chi connectivity index (χ2v) is 8.37. The van der Waals surface area contributed by atoms with Crippen LogP contribution in [0.25, 0.3) is 11.1 Å². The molecule has 2 aliphatic heterocycles. The quantitative estimate of drug-likeness (QED) is 0.601. The number of rotatable bonds is 4. The molecule has 3 aromatic rings. The molecule has 160 valence electrons. The van der Waals surface area contributed by atoms with E-state index in [0.717, 1.165) is 33.6 Å². The van der Waals surface area contributed by atoms with Crippen LogP contribution < -0.4 is 5.32 Å². The van der Waals surface area contributed by atoms with Crippen LogP contribution in [0.5, 0.6) is 0 Å². The molecule has 1 saturated heterocycles. The van der Waals surface area contributed by atoms with E-state index in [-0.39, 0.29) is 18.6 Å². The van der Waals surface area contributed by atoms with Crippen LogP contribution in [0.3, 0.4) is 0 Å². The van der Waals surface area contributed by atoms with E-state index >= 15 is 0 Å². The van der Waals surface area contributed by atoms with E-state index in [4.69, 9.17) is 4.52 Å². The number of aliphatic hydroxyl groups excluding tert-OH is 2. The summed E-state index contributed by atoms with van der Waals surface area (Å²) < 4.78 is 5.37. The summed E-state index contributed by atoms with van der Waals surface area (Å²) in [7, 11) is 0. The van der Waals surface area contributed by atoms with Crippen molar-refractivity contribution in [2.75, 3.05) is 18.5 Å². The van der Waals surface area contributed by atoms with Crippen LogP contribution in [0.15, 0.2) is 53.1 Å². The Morgan fingerprint density at radius 3 is 2.68 bits per heavy atom. The van der Waals surface area contributed by atoms with Crippen molar-refractivity contribution in [3.8, 4) is 11.1 Å². The molecule has 2 aliphatic rings. The largest absolute Gasteiger partial charge is 0.395 e. The van der Waals surface area contributed by atoms with Gasteiger partial charge in [0.05, 0.1) is 18.4 Å². The molecule has 0 saturated carbocycles. The minimum atomic E-state index is -1.16. The molecular formula is C24H25N3O4. The van der Waals surface area contributed by atoms with Gasteiger partial charge in [-0.3, -0.25) is 9.69 Å². The molecule has 0 bridgehead atoms. The molecule has 1 aromatic heterocycles. The molecule has 0 spiro atoms. The molecule has 0 radical (unpaired) electrons. The van der Waals surface area contributed by atoms with E-state index in [1.165, 1.54) is 0 Å². The number of nitrogens with zero attached hydrogens (tertiary/aromatic N) is 2. The van der Waals surface area contributed by atoms with Gasteiger partial charge >= 0.3 is 0 Å². The van der Waals surface area contributed by atoms with Gasteiger partial charge in [-0.2, -0.15) is 0 Å². The Labute approximate surface area is 180 Å². The third kappa shape index (κ3) is 2.85. The number of aliphatic hydroxyl groups is 2. The standard InChI is InChI=1S/C24H25N3O4/c1-14-22(15(2)31-26-14)16-8-9-21-20(10-16)24(23(30)25-21,17-6-4-3-5-7-17)27-12-19(29)11-18(27)13-28/h3-10,18-19,28-29H,11-13H2,1-2H3,(H,25,30)/t18-,19-,24?/m0/s1. The second-order valence-electron chi connectivity index (χ2n) is 8.37. The van der Waals surface area contributed by atoms with Gasteiger partial charge in [-0.15, -0.1) is 0 Å². The van der Waals surface area contributed by atoms with Crippen molar-refractivity contribution in [1.82, 2.24) is 10.1 Å². The monoisotopic (exact) mass is 419 g/mol. The van der Waals surface area contributed by atoms with Crippen LogP contribution in [-0.4, -0.2) is 51.5 Å². The highest BCUT2D eigenvalue weighted by atomic mass is 16.5. The third-order valence-electron chi connectivity index (χ3n) is 6.53. The number of nitrogens with one attached hydrogen (secondary N) is 1. The first kappa shape index (κ1) is 19.9. The van der Waals surface area contributed by atoms with Crippen molar-refractivity contribution in [3.05, 3.63) is 71.1 Å². The fourth-order valence-corrected chi connectivity index (χ4v) is 5.23. The van der Waals surface area contributed by atoms with Gasteiger partial charge in [0.25, 0.3) is 5.91 Å². The molecule has 2 aromatic carbocycles. The summed E-state index contributed by atoms with van der Waals surface area (Å²) in [6, 6.07) is 15.1. The summed E-state index contributed by atoms with van der Waals surface area (Å²) >= 11 is 0. The van der Waals surface area contributed by atoms with Crippen LogP contribution in [0.4, 0.5) is 5.69 Å². The summed E-state index contributed by atoms with van der Waals surface area (Å²) in [5.74, 6) is 0.530. The Balaban J connectivity index is 1.77. The normalized spacial score (nSPS) is 25.6. The van der Waals surface area contributed by atoms with Crippen molar-refractivity contribution >= 4 is 11.6 Å². The topological polar surface area (TPSA) is 98.8 Å². The molecule has 3 atom stereocenters. The molecule has 1 amide bonds. The lowest BCUT2D eigenvalue weighted by Crippen LogP contribution is -2.55. The van der Waals surface area contributed by atoms with Crippen LogP contribution in [0.2, 0.25) is 0 Å². The Hall–Kier alpha value is -3.00. The number of amides is 1.